The van der Waals surface area contributed by atoms with Crippen LogP contribution in [0.2, 0.25) is 0 Å². The second kappa shape index (κ2) is 7.92. The van der Waals surface area contributed by atoms with Gasteiger partial charge in [0.2, 0.25) is 0 Å². The van der Waals surface area contributed by atoms with Gasteiger partial charge in [0, 0.05) is 26.7 Å². The van der Waals surface area contributed by atoms with E-state index in [4.69, 9.17) is 0 Å². The van der Waals surface area contributed by atoms with Crippen molar-refractivity contribution in [3.8, 4) is 0 Å². The van der Waals surface area contributed by atoms with Crippen LogP contribution in [-0.4, -0.2) is 41.4 Å². The highest BCUT2D eigenvalue weighted by molar-refractivity contribution is 9.10. The lowest BCUT2D eigenvalue weighted by atomic mass is 10.3. The third-order valence-corrected chi connectivity index (χ3v) is 3.94. The Bertz CT molecular complexity index is 362. The van der Waals surface area contributed by atoms with Crippen molar-refractivity contribution >= 4 is 15.9 Å². The molecule has 0 aliphatic rings. The Morgan fingerprint density at radius 2 is 2.06 bits per heavy atom. The summed E-state index contributed by atoms with van der Waals surface area (Å²) in [6, 6.07) is 0. The lowest BCUT2D eigenvalue weighted by molar-refractivity contribution is 0.315. The third kappa shape index (κ3) is 4.37. The summed E-state index contributed by atoms with van der Waals surface area (Å²) in [7, 11) is 4.17. The highest BCUT2D eigenvalue weighted by Gasteiger charge is 2.13. The second-order valence-corrected chi connectivity index (χ2v) is 5.47. The van der Waals surface area contributed by atoms with E-state index in [2.05, 4.69) is 52.1 Å². The maximum Gasteiger partial charge on any atom is 0.0767 e. The SMILES string of the molecule is CCCNCCN(C)Cc1c(Br)c(CC)nn1C. The van der Waals surface area contributed by atoms with Crippen LogP contribution in [0.4, 0.5) is 0 Å². The molecule has 0 atom stereocenters. The molecule has 5 heteroatoms. The van der Waals surface area contributed by atoms with E-state index >= 15 is 0 Å². The number of hydrogen-bond donors (Lipinski definition) is 1. The largest absolute Gasteiger partial charge is 0.315 e. The van der Waals surface area contributed by atoms with Crippen molar-refractivity contribution in [2.45, 2.75) is 33.2 Å². The summed E-state index contributed by atoms with van der Waals surface area (Å²) in [4.78, 5) is 2.32. The average molecular weight is 317 g/mol. The number of halogens is 1. The zero-order valence-electron chi connectivity index (χ0n) is 12.0. The quantitative estimate of drug-likeness (QED) is 0.746. The van der Waals surface area contributed by atoms with Crippen molar-refractivity contribution in [3.63, 3.8) is 0 Å². The van der Waals surface area contributed by atoms with Crippen LogP contribution in [0.1, 0.15) is 31.7 Å². The molecule has 0 amide bonds. The van der Waals surface area contributed by atoms with Gasteiger partial charge in [0.25, 0.3) is 0 Å². The molecule has 0 unspecified atom stereocenters. The number of aryl methyl sites for hydroxylation is 2. The zero-order valence-corrected chi connectivity index (χ0v) is 13.5. The molecule has 1 aromatic rings. The van der Waals surface area contributed by atoms with Crippen molar-refractivity contribution in [3.05, 3.63) is 15.9 Å². The first kappa shape index (κ1) is 15.7. The monoisotopic (exact) mass is 316 g/mol. The van der Waals surface area contributed by atoms with Gasteiger partial charge in [0.05, 0.1) is 15.9 Å². The van der Waals surface area contributed by atoms with E-state index < -0.39 is 0 Å². The van der Waals surface area contributed by atoms with Crippen molar-refractivity contribution in [1.82, 2.24) is 20.0 Å². The first-order valence-electron chi connectivity index (χ1n) is 6.69. The molecule has 18 heavy (non-hydrogen) atoms. The van der Waals surface area contributed by atoms with E-state index in [9.17, 15) is 0 Å². The molecule has 0 bridgehead atoms. The van der Waals surface area contributed by atoms with Crippen LogP contribution in [0.25, 0.3) is 0 Å². The van der Waals surface area contributed by atoms with Crippen LogP contribution in [0.15, 0.2) is 4.47 Å². The Balaban J connectivity index is 2.48. The molecule has 0 saturated heterocycles. The molecule has 0 aliphatic heterocycles. The van der Waals surface area contributed by atoms with Crippen LogP contribution in [0.5, 0.6) is 0 Å². The van der Waals surface area contributed by atoms with Gasteiger partial charge in [-0.15, -0.1) is 0 Å². The normalized spacial score (nSPS) is 11.4. The van der Waals surface area contributed by atoms with Crippen LogP contribution in [-0.2, 0) is 20.0 Å². The fraction of sp³-hybridized carbons (Fsp3) is 0.769. The first-order valence-corrected chi connectivity index (χ1v) is 7.48. The van der Waals surface area contributed by atoms with Gasteiger partial charge < -0.3 is 5.32 Å². The standard InChI is InChI=1S/C13H25BrN4/c1-5-7-15-8-9-17(3)10-12-13(14)11(6-2)16-18(12)4/h15H,5-10H2,1-4H3. The summed E-state index contributed by atoms with van der Waals surface area (Å²) in [5.74, 6) is 0. The Hall–Kier alpha value is -0.390. The maximum atomic E-state index is 4.52. The summed E-state index contributed by atoms with van der Waals surface area (Å²) >= 11 is 3.66. The topological polar surface area (TPSA) is 33.1 Å². The van der Waals surface area contributed by atoms with Crippen LogP contribution in [0, 0.1) is 0 Å². The number of likely N-dealkylation sites (N-methyl/N-ethyl adjacent to an activating group) is 1. The van der Waals surface area contributed by atoms with E-state index in [-0.39, 0.29) is 0 Å². The lowest BCUT2D eigenvalue weighted by Gasteiger charge is -2.17. The summed E-state index contributed by atoms with van der Waals surface area (Å²) in [6.45, 7) is 8.45. The number of aromatic nitrogens is 2. The minimum Gasteiger partial charge on any atom is -0.315 e. The number of hydrogen-bond acceptors (Lipinski definition) is 3. The number of rotatable bonds is 8. The molecule has 104 valence electrons. The summed E-state index contributed by atoms with van der Waals surface area (Å²) in [6.07, 6.45) is 2.16. The number of nitrogens with one attached hydrogen (secondary N) is 1. The van der Waals surface area contributed by atoms with Gasteiger partial charge in [-0.25, -0.2) is 0 Å². The van der Waals surface area contributed by atoms with E-state index in [0.29, 0.717) is 0 Å². The molecular weight excluding hydrogens is 292 g/mol. The van der Waals surface area contributed by atoms with E-state index in [1.54, 1.807) is 0 Å². The summed E-state index contributed by atoms with van der Waals surface area (Å²) in [5.41, 5.74) is 2.40. The van der Waals surface area contributed by atoms with Crippen LogP contribution in [0.3, 0.4) is 0 Å². The lowest BCUT2D eigenvalue weighted by Crippen LogP contribution is -2.30. The molecule has 0 aliphatic carbocycles. The average Bonchev–Trinajstić information content (AvgIpc) is 2.62. The van der Waals surface area contributed by atoms with Crippen molar-refractivity contribution < 1.29 is 0 Å². The predicted octanol–water partition coefficient (Wildman–Crippen LogP) is 2.18. The molecular formula is C13H25BrN4. The van der Waals surface area contributed by atoms with E-state index in [0.717, 1.165) is 38.3 Å². The molecule has 1 heterocycles. The van der Waals surface area contributed by atoms with E-state index in [1.165, 1.54) is 16.6 Å². The van der Waals surface area contributed by atoms with Crippen molar-refractivity contribution in [2.24, 2.45) is 7.05 Å². The fourth-order valence-electron chi connectivity index (χ4n) is 1.90. The molecule has 1 rings (SSSR count). The molecule has 0 aromatic carbocycles. The minimum absolute atomic E-state index is 0.928. The van der Waals surface area contributed by atoms with Gasteiger partial charge in [0.1, 0.15) is 0 Å². The molecule has 1 aromatic heterocycles. The van der Waals surface area contributed by atoms with Gasteiger partial charge in [0.15, 0.2) is 0 Å². The highest BCUT2D eigenvalue weighted by atomic mass is 79.9. The summed E-state index contributed by atoms with van der Waals surface area (Å²) < 4.78 is 3.15. The van der Waals surface area contributed by atoms with Crippen molar-refractivity contribution in [2.75, 3.05) is 26.7 Å². The second-order valence-electron chi connectivity index (χ2n) is 4.67. The Morgan fingerprint density at radius 1 is 1.33 bits per heavy atom. The molecule has 1 N–H and O–H groups in total. The zero-order chi connectivity index (χ0) is 13.5. The van der Waals surface area contributed by atoms with Crippen LogP contribution < -0.4 is 5.32 Å². The highest BCUT2D eigenvalue weighted by Crippen LogP contribution is 2.22. The van der Waals surface area contributed by atoms with Gasteiger partial charge >= 0.3 is 0 Å². The van der Waals surface area contributed by atoms with Crippen molar-refractivity contribution in [1.29, 1.82) is 0 Å². The molecule has 0 spiro atoms. The van der Waals surface area contributed by atoms with Gasteiger partial charge in [-0.05, 0) is 42.4 Å². The van der Waals surface area contributed by atoms with E-state index in [1.807, 2.05) is 11.7 Å². The van der Waals surface area contributed by atoms with Gasteiger partial charge in [-0.1, -0.05) is 13.8 Å². The Kier molecular flexibility index (Phi) is 6.89. The first-order chi connectivity index (χ1) is 8.60. The Labute approximate surface area is 119 Å². The maximum absolute atomic E-state index is 4.52. The predicted molar refractivity (Wildman–Crippen MR) is 79.8 cm³/mol. The Morgan fingerprint density at radius 3 is 2.61 bits per heavy atom. The molecule has 0 saturated carbocycles. The molecule has 0 radical (unpaired) electrons. The smallest absolute Gasteiger partial charge is 0.0767 e. The van der Waals surface area contributed by atoms with Crippen LogP contribution >= 0.6 is 15.9 Å². The minimum atomic E-state index is 0.928. The van der Waals surface area contributed by atoms with Gasteiger partial charge in [-0.3, -0.25) is 9.58 Å². The third-order valence-electron chi connectivity index (χ3n) is 3.02. The number of nitrogens with zero attached hydrogens (tertiary/aromatic N) is 3. The van der Waals surface area contributed by atoms with Gasteiger partial charge in [-0.2, -0.15) is 5.10 Å². The summed E-state index contributed by atoms with van der Waals surface area (Å²) in [5, 5.41) is 7.94. The molecule has 4 nitrogen and oxygen atoms in total. The fourth-order valence-corrected chi connectivity index (χ4v) is 2.64. The molecule has 0 fully saturated rings.